The van der Waals surface area contributed by atoms with Gasteiger partial charge in [-0.1, -0.05) is 32.3 Å². The highest BCUT2D eigenvalue weighted by Crippen LogP contribution is 2.59. The topological polar surface area (TPSA) is 12.0 Å². The van der Waals surface area contributed by atoms with E-state index in [-0.39, 0.29) is 0 Å². The molecule has 18 heavy (non-hydrogen) atoms. The van der Waals surface area contributed by atoms with E-state index in [1.54, 1.807) is 0 Å². The lowest BCUT2D eigenvalue weighted by atomic mass is 9.98. The van der Waals surface area contributed by atoms with Crippen molar-refractivity contribution in [3.8, 4) is 0 Å². The Morgan fingerprint density at radius 3 is 2.67 bits per heavy atom. The number of rotatable bonds is 10. The molecule has 3 atom stereocenters. The Kier molecular flexibility index (Phi) is 5.75. The van der Waals surface area contributed by atoms with Gasteiger partial charge in [-0.15, -0.1) is 6.58 Å². The second kappa shape index (κ2) is 7.33. The Bertz CT molecular complexity index is 238. The molecule has 0 radical (unpaired) electrons. The summed E-state index contributed by atoms with van der Waals surface area (Å²) in [4.78, 5) is 0. The Labute approximate surface area is 113 Å². The average Bonchev–Trinajstić information content (AvgIpc) is 2.85. The molecule has 0 spiro atoms. The summed E-state index contributed by atoms with van der Waals surface area (Å²) < 4.78 is 0. The van der Waals surface area contributed by atoms with Crippen LogP contribution in [-0.2, 0) is 0 Å². The average molecular weight is 249 g/mol. The third-order valence-electron chi connectivity index (χ3n) is 5.02. The fourth-order valence-electron chi connectivity index (χ4n) is 4.06. The first-order valence-corrected chi connectivity index (χ1v) is 8.22. The highest BCUT2D eigenvalue weighted by atomic mass is 14.9. The van der Waals surface area contributed by atoms with Gasteiger partial charge >= 0.3 is 0 Å². The zero-order valence-electron chi connectivity index (χ0n) is 12.2. The van der Waals surface area contributed by atoms with E-state index in [4.69, 9.17) is 0 Å². The molecule has 2 aliphatic carbocycles. The van der Waals surface area contributed by atoms with E-state index < -0.39 is 0 Å². The van der Waals surface area contributed by atoms with Gasteiger partial charge < -0.3 is 5.32 Å². The van der Waals surface area contributed by atoms with E-state index in [2.05, 4.69) is 24.9 Å². The van der Waals surface area contributed by atoms with Crippen LogP contribution in [0.25, 0.3) is 0 Å². The lowest BCUT2D eigenvalue weighted by Crippen LogP contribution is -2.33. The van der Waals surface area contributed by atoms with Crippen molar-refractivity contribution in [1.29, 1.82) is 0 Å². The van der Waals surface area contributed by atoms with E-state index in [0.717, 1.165) is 23.8 Å². The number of nitrogens with one attached hydrogen (secondary N) is 1. The molecular formula is C17H31N. The molecule has 0 aromatic rings. The molecular weight excluding hydrogens is 218 g/mol. The maximum Gasteiger partial charge on any atom is 0.0101 e. The SMILES string of the molecule is C=CCCCCCC(NCCC)C1C2CCCC21. The van der Waals surface area contributed by atoms with Gasteiger partial charge in [0.15, 0.2) is 0 Å². The minimum atomic E-state index is 0.837. The maximum absolute atomic E-state index is 3.83. The molecule has 1 N–H and O–H groups in total. The highest BCUT2D eigenvalue weighted by Gasteiger charge is 2.55. The quantitative estimate of drug-likeness (QED) is 0.443. The molecule has 1 heteroatoms. The fourth-order valence-corrected chi connectivity index (χ4v) is 4.06. The zero-order chi connectivity index (χ0) is 12.8. The van der Waals surface area contributed by atoms with Gasteiger partial charge in [0.2, 0.25) is 0 Å². The molecule has 1 nitrogen and oxygen atoms in total. The van der Waals surface area contributed by atoms with Crippen LogP contribution in [-0.4, -0.2) is 12.6 Å². The lowest BCUT2D eigenvalue weighted by Gasteiger charge is -2.20. The Morgan fingerprint density at radius 1 is 1.22 bits per heavy atom. The first kappa shape index (κ1) is 14.1. The van der Waals surface area contributed by atoms with Crippen LogP contribution in [0.3, 0.4) is 0 Å². The van der Waals surface area contributed by atoms with E-state index in [1.165, 1.54) is 64.3 Å². The second-order valence-electron chi connectivity index (χ2n) is 6.32. The van der Waals surface area contributed by atoms with Crippen LogP contribution in [0.2, 0.25) is 0 Å². The van der Waals surface area contributed by atoms with Crippen molar-refractivity contribution in [2.75, 3.05) is 6.54 Å². The van der Waals surface area contributed by atoms with Gasteiger partial charge in [0.1, 0.15) is 0 Å². The van der Waals surface area contributed by atoms with Crippen molar-refractivity contribution >= 4 is 0 Å². The summed E-state index contributed by atoms with van der Waals surface area (Å²) in [6.07, 6.45) is 14.6. The summed E-state index contributed by atoms with van der Waals surface area (Å²) in [5, 5.41) is 3.83. The monoisotopic (exact) mass is 249 g/mol. The molecule has 104 valence electrons. The van der Waals surface area contributed by atoms with Crippen LogP contribution in [0.5, 0.6) is 0 Å². The largest absolute Gasteiger partial charge is 0.314 e. The van der Waals surface area contributed by atoms with Crippen LogP contribution in [0.4, 0.5) is 0 Å². The molecule has 2 rings (SSSR count). The molecule has 0 heterocycles. The summed E-state index contributed by atoms with van der Waals surface area (Å²) in [5.74, 6) is 3.25. The fraction of sp³-hybridized carbons (Fsp3) is 0.882. The third-order valence-corrected chi connectivity index (χ3v) is 5.02. The predicted octanol–water partition coefficient (Wildman–Crippen LogP) is 4.54. The van der Waals surface area contributed by atoms with Crippen molar-refractivity contribution in [3.05, 3.63) is 12.7 Å². The van der Waals surface area contributed by atoms with Gasteiger partial charge in [-0.25, -0.2) is 0 Å². The van der Waals surface area contributed by atoms with Crippen molar-refractivity contribution in [1.82, 2.24) is 5.32 Å². The number of hydrogen-bond donors (Lipinski definition) is 1. The van der Waals surface area contributed by atoms with Crippen molar-refractivity contribution < 1.29 is 0 Å². The summed E-state index contributed by atoms with van der Waals surface area (Å²) in [6, 6.07) is 0.837. The first-order chi connectivity index (χ1) is 8.88. The van der Waals surface area contributed by atoms with Gasteiger partial charge in [-0.05, 0) is 62.8 Å². The van der Waals surface area contributed by atoms with Gasteiger partial charge in [-0.3, -0.25) is 0 Å². The minimum Gasteiger partial charge on any atom is -0.314 e. The molecule has 0 aliphatic heterocycles. The third kappa shape index (κ3) is 3.60. The van der Waals surface area contributed by atoms with Gasteiger partial charge in [0.05, 0.1) is 0 Å². The smallest absolute Gasteiger partial charge is 0.0101 e. The minimum absolute atomic E-state index is 0.837. The molecule has 0 aromatic carbocycles. The molecule has 3 unspecified atom stereocenters. The van der Waals surface area contributed by atoms with E-state index >= 15 is 0 Å². The zero-order valence-corrected chi connectivity index (χ0v) is 12.2. The summed E-state index contributed by atoms with van der Waals surface area (Å²) in [6.45, 7) is 7.29. The molecule has 0 bridgehead atoms. The summed E-state index contributed by atoms with van der Waals surface area (Å²) in [5.41, 5.74) is 0. The van der Waals surface area contributed by atoms with Gasteiger partial charge in [0, 0.05) is 6.04 Å². The normalized spacial score (nSPS) is 31.1. The standard InChI is InChI=1S/C17H31N/c1-3-5-6-7-8-12-16(18-13-4-2)17-14-10-9-11-15(14)17/h3,14-18H,1,4-13H2,2H3. The van der Waals surface area contributed by atoms with E-state index in [0.29, 0.717) is 0 Å². The summed E-state index contributed by atoms with van der Waals surface area (Å²) in [7, 11) is 0. The molecule has 0 saturated heterocycles. The predicted molar refractivity (Wildman–Crippen MR) is 79.7 cm³/mol. The van der Waals surface area contributed by atoms with Crippen LogP contribution < -0.4 is 5.32 Å². The Hall–Kier alpha value is -0.300. The highest BCUT2D eigenvalue weighted by molar-refractivity contribution is 5.06. The lowest BCUT2D eigenvalue weighted by molar-refractivity contribution is 0.373. The van der Waals surface area contributed by atoms with Crippen LogP contribution in [0.15, 0.2) is 12.7 Å². The Balaban J connectivity index is 1.66. The maximum atomic E-state index is 3.83. The summed E-state index contributed by atoms with van der Waals surface area (Å²) >= 11 is 0. The van der Waals surface area contributed by atoms with Gasteiger partial charge in [-0.2, -0.15) is 0 Å². The van der Waals surface area contributed by atoms with Crippen molar-refractivity contribution in [2.24, 2.45) is 17.8 Å². The second-order valence-corrected chi connectivity index (χ2v) is 6.32. The van der Waals surface area contributed by atoms with Crippen molar-refractivity contribution in [2.45, 2.75) is 70.8 Å². The number of allylic oxidation sites excluding steroid dienone is 1. The molecule has 2 fully saturated rings. The Morgan fingerprint density at radius 2 is 2.00 bits per heavy atom. The molecule has 0 aromatic heterocycles. The van der Waals surface area contributed by atoms with Crippen LogP contribution >= 0.6 is 0 Å². The van der Waals surface area contributed by atoms with E-state index in [9.17, 15) is 0 Å². The van der Waals surface area contributed by atoms with Crippen LogP contribution in [0.1, 0.15) is 64.7 Å². The first-order valence-electron chi connectivity index (χ1n) is 8.22. The molecule has 2 aliphatic rings. The van der Waals surface area contributed by atoms with Crippen molar-refractivity contribution in [3.63, 3.8) is 0 Å². The van der Waals surface area contributed by atoms with E-state index in [1.807, 2.05) is 0 Å². The molecule has 2 saturated carbocycles. The number of fused-ring (bicyclic) bond motifs is 1. The van der Waals surface area contributed by atoms with Crippen LogP contribution in [0, 0.1) is 17.8 Å². The number of unbranched alkanes of at least 4 members (excludes halogenated alkanes) is 3. The number of hydrogen-bond acceptors (Lipinski definition) is 1. The van der Waals surface area contributed by atoms with Gasteiger partial charge in [0.25, 0.3) is 0 Å². The molecule has 0 amide bonds.